The van der Waals surface area contributed by atoms with Gasteiger partial charge >= 0.3 is 0 Å². The number of hydrogen-bond acceptors (Lipinski definition) is 1. The fourth-order valence-electron chi connectivity index (χ4n) is 2.17. The van der Waals surface area contributed by atoms with E-state index in [0.29, 0.717) is 5.88 Å². The number of anilines is 1. The van der Waals surface area contributed by atoms with Gasteiger partial charge in [0.15, 0.2) is 0 Å². The Morgan fingerprint density at radius 1 is 1.38 bits per heavy atom. The Hall–Kier alpha value is -0.690. The third-order valence-corrected chi connectivity index (χ3v) is 3.62. The normalized spacial score (nSPS) is 15.2. The molecule has 0 aromatic heterocycles. The van der Waals surface area contributed by atoms with E-state index in [9.17, 15) is 0 Å². The number of alkyl halides is 1. The third kappa shape index (κ3) is 2.70. The van der Waals surface area contributed by atoms with Crippen molar-refractivity contribution in [2.24, 2.45) is 5.92 Å². The highest BCUT2D eigenvalue weighted by molar-refractivity contribution is 6.17. The van der Waals surface area contributed by atoms with Crippen LogP contribution < -0.4 is 4.90 Å². The highest BCUT2D eigenvalue weighted by Crippen LogP contribution is 2.32. The molecule has 1 fully saturated rings. The standard InChI is InChI=1S/C14H20ClN/c1-3-16(10-12-4-5-12)14-7-6-13(9-15)8-11(14)2/h6-8,12H,3-5,9-10H2,1-2H3. The maximum atomic E-state index is 5.85. The summed E-state index contributed by atoms with van der Waals surface area (Å²) in [6.45, 7) is 6.73. The summed E-state index contributed by atoms with van der Waals surface area (Å²) in [5.41, 5.74) is 3.94. The van der Waals surface area contributed by atoms with Crippen molar-refractivity contribution in [2.75, 3.05) is 18.0 Å². The summed E-state index contributed by atoms with van der Waals surface area (Å²) in [5, 5.41) is 0. The van der Waals surface area contributed by atoms with Crippen molar-refractivity contribution in [1.29, 1.82) is 0 Å². The number of halogens is 1. The Bertz CT molecular complexity index is 358. The fraction of sp³-hybridized carbons (Fsp3) is 0.571. The molecule has 88 valence electrons. The molecule has 0 heterocycles. The molecule has 0 aliphatic heterocycles. The highest BCUT2D eigenvalue weighted by atomic mass is 35.5. The van der Waals surface area contributed by atoms with Gasteiger partial charge in [-0.2, -0.15) is 0 Å². The number of rotatable bonds is 5. The average Bonchev–Trinajstić information content (AvgIpc) is 3.10. The molecule has 1 aliphatic carbocycles. The Labute approximate surface area is 103 Å². The van der Waals surface area contributed by atoms with Gasteiger partial charge in [0.2, 0.25) is 0 Å². The second-order valence-electron chi connectivity index (χ2n) is 4.74. The van der Waals surface area contributed by atoms with Crippen LogP contribution in [0.25, 0.3) is 0 Å². The molecule has 0 atom stereocenters. The lowest BCUT2D eigenvalue weighted by atomic mass is 10.1. The molecule has 1 aliphatic rings. The lowest BCUT2D eigenvalue weighted by Gasteiger charge is -2.25. The number of aryl methyl sites for hydroxylation is 1. The maximum Gasteiger partial charge on any atom is 0.0474 e. The fourth-order valence-corrected chi connectivity index (χ4v) is 2.33. The van der Waals surface area contributed by atoms with E-state index < -0.39 is 0 Å². The molecule has 0 radical (unpaired) electrons. The van der Waals surface area contributed by atoms with E-state index in [1.807, 2.05) is 0 Å². The minimum absolute atomic E-state index is 0.607. The summed E-state index contributed by atoms with van der Waals surface area (Å²) in [5.74, 6) is 1.54. The SMILES string of the molecule is CCN(CC1CC1)c1ccc(CCl)cc1C. The molecule has 2 heteroatoms. The average molecular weight is 238 g/mol. The second-order valence-corrected chi connectivity index (χ2v) is 5.00. The van der Waals surface area contributed by atoms with Crippen molar-refractivity contribution in [3.63, 3.8) is 0 Å². The first-order chi connectivity index (χ1) is 7.74. The number of hydrogen-bond donors (Lipinski definition) is 0. The van der Waals surface area contributed by atoms with Gasteiger partial charge in [-0.1, -0.05) is 12.1 Å². The van der Waals surface area contributed by atoms with E-state index >= 15 is 0 Å². The minimum Gasteiger partial charge on any atom is -0.371 e. The summed E-state index contributed by atoms with van der Waals surface area (Å²) < 4.78 is 0. The van der Waals surface area contributed by atoms with Crippen LogP contribution in [-0.4, -0.2) is 13.1 Å². The van der Waals surface area contributed by atoms with Crippen molar-refractivity contribution >= 4 is 17.3 Å². The van der Waals surface area contributed by atoms with E-state index in [2.05, 4.69) is 36.9 Å². The third-order valence-electron chi connectivity index (χ3n) is 3.31. The number of nitrogens with zero attached hydrogens (tertiary/aromatic N) is 1. The van der Waals surface area contributed by atoms with Crippen LogP contribution in [-0.2, 0) is 5.88 Å². The van der Waals surface area contributed by atoms with E-state index in [0.717, 1.165) is 12.5 Å². The van der Waals surface area contributed by atoms with Crippen molar-refractivity contribution in [1.82, 2.24) is 0 Å². The largest absolute Gasteiger partial charge is 0.371 e. The lowest BCUT2D eigenvalue weighted by Crippen LogP contribution is -2.25. The molecular formula is C14H20ClN. The molecule has 0 saturated heterocycles. The van der Waals surface area contributed by atoms with Gasteiger partial charge in [0.05, 0.1) is 0 Å². The van der Waals surface area contributed by atoms with Gasteiger partial charge in [0.1, 0.15) is 0 Å². The molecule has 1 saturated carbocycles. The van der Waals surface area contributed by atoms with Gasteiger partial charge in [0.25, 0.3) is 0 Å². The minimum atomic E-state index is 0.607. The Morgan fingerprint density at radius 3 is 2.62 bits per heavy atom. The molecule has 0 N–H and O–H groups in total. The molecule has 0 bridgehead atoms. The van der Waals surface area contributed by atoms with E-state index in [1.54, 1.807) is 0 Å². The monoisotopic (exact) mass is 237 g/mol. The van der Waals surface area contributed by atoms with Gasteiger partial charge in [-0.3, -0.25) is 0 Å². The zero-order valence-electron chi connectivity index (χ0n) is 10.2. The summed E-state index contributed by atoms with van der Waals surface area (Å²) >= 11 is 5.85. The van der Waals surface area contributed by atoms with Gasteiger partial charge in [-0.05, 0) is 49.8 Å². The number of benzene rings is 1. The first-order valence-corrected chi connectivity index (χ1v) is 6.68. The Balaban J connectivity index is 2.15. The van der Waals surface area contributed by atoms with Crippen molar-refractivity contribution in [2.45, 2.75) is 32.6 Å². The smallest absolute Gasteiger partial charge is 0.0474 e. The molecule has 0 amide bonds. The quantitative estimate of drug-likeness (QED) is 0.701. The molecular weight excluding hydrogens is 218 g/mol. The van der Waals surface area contributed by atoms with Crippen LogP contribution in [0, 0.1) is 12.8 Å². The molecule has 2 rings (SSSR count). The Morgan fingerprint density at radius 2 is 2.12 bits per heavy atom. The summed E-state index contributed by atoms with van der Waals surface area (Å²) in [7, 11) is 0. The van der Waals surface area contributed by atoms with Crippen LogP contribution in [0.15, 0.2) is 18.2 Å². The highest BCUT2D eigenvalue weighted by Gasteiger charge is 2.24. The summed E-state index contributed by atoms with van der Waals surface area (Å²) in [6, 6.07) is 6.57. The lowest BCUT2D eigenvalue weighted by molar-refractivity contribution is 0.740. The van der Waals surface area contributed by atoms with Crippen molar-refractivity contribution in [3.8, 4) is 0 Å². The molecule has 1 nitrogen and oxygen atoms in total. The Kier molecular flexibility index (Phi) is 3.75. The molecule has 0 unspecified atom stereocenters. The first kappa shape index (κ1) is 11.8. The molecule has 0 spiro atoms. The van der Waals surface area contributed by atoms with Gasteiger partial charge in [0, 0.05) is 24.7 Å². The van der Waals surface area contributed by atoms with Crippen LogP contribution in [0.2, 0.25) is 0 Å². The molecule has 1 aromatic rings. The van der Waals surface area contributed by atoms with Crippen LogP contribution >= 0.6 is 11.6 Å². The first-order valence-electron chi connectivity index (χ1n) is 6.15. The van der Waals surface area contributed by atoms with Crippen LogP contribution in [0.3, 0.4) is 0 Å². The summed E-state index contributed by atoms with van der Waals surface area (Å²) in [6.07, 6.45) is 2.82. The van der Waals surface area contributed by atoms with E-state index in [4.69, 9.17) is 11.6 Å². The zero-order chi connectivity index (χ0) is 11.5. The second kappa shape index (κ2) is 5.09. The predicted octanol–water partition coefficient (Wildman–Crippen LogP) is 3.97. The van der Waals surface area contributed by atoms with E-state index in [1.165, 1.54) is 36.2 Å². The topological polar surface area (TPSA) is 3.24 Å². The van der Waals surface area contributed by atoms with Crippen LogP contribution in [0.1, 0.15) is 30.9 Å². The van der Waals surface area contributed by atoms with Gasteiger partial charge < -0.3 is 4.90 Å². The zero-order valence-corrected chi connectivity index (χ0v) is 10.9. The van der Waals surface area contributed by atoms with E-state index in [-0.39, 0.29) is 0 Å². The predicted molar refractivity (Wildman–Crippen MR) is 71.3 cm³/mol. The van der Waals surface area contributed by atoms with Crippen molar-refractivity contribution in [3.05, 3.63) is 29.3 Å². The molecule has 1 aromatic carbocycles. The maximum absolute atomic E-state index is 5.85. The van der Waals surface area contributed by atoms with Gasteiger partial charge in [-0.25, -0.2) is 0 Å². The summed E-state index contributed by atoms with van der Waals surface area (Å²) in [4.78, 5) is 2.49. The van der Waals surface area contributed by atoms with Crippen molar-refractivity contribution < 1.29 is 0 Å². The van der Waals surface area contributed by atoms with Crippen LogP contribution in [0.4, 0.5) is 5.69 Å². The van der Waals surface area contributed by atoms with Crippen LogP contribution in [0.5, 0.6) is 0 Å². The van der Waals surface area contributed by atoms with Gasteiger partial charge in [-0.15, -0.1) is 11.6 Å². The molecule has 16 heavy (non-hydrogen) atoms.